The lowest BCUT2D eigenvalue weighted by Crippen LogP contribution is -2.67. The van der Waals surface area contributed by atoms with E-state index in [1.54, 1.807) is 0 Å². The normalized spacial score (nSPS) is 42.4. The first-order chi connectivity index (χ1) is 25.9. The molecule has 0 aromatic carbocycles. The third-order valence-electron chi connectivity index (χ3n) is 15.9. The van der Waals surface area contributed by atoms with Crippen molar-refractivity contribution in [1.82, 2.24) is 0 Å². The van der Waals surface area contributed by atoms with Gasteiger partial charge in [0.2, 0.25) is 0 Å². The average Bonchev–Trinajstić information content (AvgIpc) is 3.45. The smallest absolute Gasteiger partial charge is 0.303 e. The minimum Gasteiger partial charge on any atom is -0.463 e. The first-order valence-electron chi connectivity index (χ1n) is 21.2. The number of hydrogen-bond donors (Lipinski definition) is 1. The Morgan fingerprint density at radius 1 is 0.768 bits per heavy atom. The summed E-state index contributed by atoms with van der Waals surface area (Å²) in [6, 6.07) is 0. The molecule has 0 aromatic heterocycles. The van der Waals surface area contributed by atoms with Crippen molar-refractivity contribution in [3.05, 3.63) is 11.6 Å². The van der Waals surface area contributed by atoms with Gasteiger partial charge in [0.1, 0.15) is 12.7 Å². The molecule has 56 heavy (non-hydrogen) atoms. The Balaban J connectivity index is 1.42. The lowest BCUT2D eigenvalue weighted by Gasteiger charge is -2.71. The van der Waals surface area contributed by atoms with Crippen LogP contribution in [0.2, 0.25) is 0 Å². The van der Waals surface area contributed by atoms with Crippen LogP contribution in [0, 0.1) is 51.2 Å². The zero-order valence-electron chi connectivity index (χ0n) is 36.5. The van der Waals surface area contributed by atoms with Gasteiger partial charge < -0.3 is 33.5 Å². The monoisotopic (exact) mass is 789 g/mol. The number of allylic oxidation sites excluding steroid dienone is 2. The number of hydrogen-bond acceptors (Lipinski definition) is 11. The Bertz CT molecular complexity index is 1510. The molecule has 5 fully saturated rings. The summed E-state index contributed by atoms with van der Waals surface area (Å²) in [6.45, 7) is 25.6. The molecular weight excluding hydrogens is 716 g/mol. The van der Waals surface area contributed by atoms with E-state index in [0.29, 0.717) is 23.7 Å². The number of rotatable bonds is 11. The molecule has 11 heteroatoms. The highest BCUT2D eigenvalue weighted by atomic mass is 16.7. The lowest BCUT2D eigenvalue weighted by atomic mass is 9.34. The first kappa shape index (κ1) is 44.6. The van der Waals surface area contributed by atoms with Gasteiger partial charge in [-0.3, -0.25) is 19.2 Å². The molecule has 1 saturated heterocycles. The highest BCUT2D eigenvalue weighted by Gasteiger charge is 2.71. The maximum absolute atomic E-state index is 12.5. The van der Waals surface area contributed by atoms with Crippen LogP contribution in [0.4, 0.5) is 0 Å². The lowest BCUT2D eigenvalue weighted by molar-refractivity contribution is -0.334. The molecule has 0 aromatic rings. The number of esters is 4. The van der Waals surface area contributed by atoms with Gasteiger partial charge in [-0.25, -0.2) is 0 Å². The van der Waals surface area contributed by atoms with E-state index in [1.807, 2.05) is 0 Å². The van der Waals surface area contributed by atoms with E-state index in [0.717, 1.165) is 57.8 Å². The molecule has 11 nitrogen and oxygen atoms in total. The van der Waals surface area contributed by atoms with Crippen LogP contribution in [0.5, 0.6) is 0 Å². The van der Waals surface area contributed by atoms with Crippen LogP contribution in [-0.2, 0) is 47.6 Å². The molecule has 1 aliphatic heterocycles. The Labute approximate surface area is 335 Å². The zero-order chi connectivity index (χ0) is 41.8. The Hall–Kier alpha value is -2.50. The van der Waals surface area contributed by atoms with E-state index in [4.69, 9.17) is 28.4 Å². The SMILES string of the molecule is CC(=O)OCC1OC(OC2CCC3(C)C(CCC4(C)C3CC(C)C3C([C@@](C)(O)CCC=C(C)C)CC[C@]34C)C2(C)C)C(OC(C)=O)C(OC(C)=O)C1OC(C)=O. The van der Waals surface area contributed by atoms with Gasteiger partial charge in [-0.2, -0.15) is 0 Å². The van der Waals surface area contributed by atoms with E-state index in [-0.39, 0.29) is 40.3 Å². The third kappa shape index (κ3) is 8.21. The molecule has 4 aliphatic carbocycles. The maximum Gasteiger partial charge on any atom is 0.303 e. The largest absolute Gasteiger partial charge is 0.463 e. The van der Waals surface area contributed by atoms with Gasteiger partial charge in [0.15, 0.2) is 24.6 Å². The summed E-state index contributed by atoms with van der Waals surface area (Å²) in [5.74, 6) is -0.533. The van der Waals surface area contributed by atoms with Crippen LogP contribution in [0.1, 0.15) is 148 Å². The fourth-order valence-corrected chi connectivity index (χ4v) is 13.4. The minimum absolute atomic E-state index is 0.0317. The summed E-state index contributed by atoms with van der Waals surface area (Å²) in [5.41, 5.74) is 0.513. The number of fused-ring (bicyclic) bond motifs is 5. The highest BCUT2D eigenvalue weighted by Crippen LogP contribution is 2.77. The van der Waals surface area contributed by atoms with Crippen molar-refractivity contribution >= 4 is 23.9 Å². The Kier molecular flexibility index (Phi) is 13.0. The molecule has 0 radical (unpaired) electrons. The van der Waals surface area contributed by atoms with Crippen molar-refractivity contribution in [2.75, 3.05) is 6.61 Å². The average molecular weight is 789 g/mol. The second-order valence-corrected chi connectivity index (χ2v) is 20.1. The van der Waals surface area contributed by atoms with Gasteiger partial charge in [0, 0.05) is 27.7 Å². The Morgan fingerprint density at radius 2 is 1.36 bits per heavy atom. The number of carbonyl (C=O) groups excluding carboxylic acids is 4. The molecule has 0 spiro atoms. The van der Waals surface area contributed by atoms with Crippen molar-refractivity contribution < 1.29 is 52.7 Å². The first-order valence-corrected chi connectivity index (χ1v) is 21.2. The fraction of sp³-hybridized carbons (Fsp3) is 0.867. The van der Waals surface area contributed by atoms with Crippen LogP contribution in [0.15, 0.2) is 11.6 Å². The number of ether oxygens (including phenoxy) is 6. The quantitative estimate of drug-likeness (QED) is 0.0945. The maximum atomic E-state index is 12.5. The van der Waals surface area contributed by atoms with Crippen LogP contribution >= 0.6 is 0 Å². The standard InChI is InChI=1S/C45H72O11/c1-25(2)15-14-19-45(13,50)31-16-21-44(12)36(31)26(3)23-34-42(10)20-18-35(41(8,9)33(42)17-22-43(34,44)11)56-40-39(54-30(7)49)38(53-29(6)48)37(52-28(5)47)32(55-40)24-51-27(4)46/h15,26,31-40,50H,14,16-24H2,1-13H3/t26?,31?,32?,33?,34?,35?,36?,37?,38?,39?,40?,42?,43?,44-,45+/m1/s1. The van der Waals surface area contributed by atoms with Crippen LogP contribution in [0.25, 0.3) is 0 Å². The Morgan fingerprint density at radius 3 is 1.95 bits per heavy atom. The summed E-state index contributed by atoms with van der Waals surface area (Å²) in [6.07, 6.45) is 4.75. The molecule has 15 atom stereocenters. The van der Waals surface area contributed by atoms with E-state index < -0.39 is 60.2 Å². The zero-order valence-corrected chi connectivity index (χ0v) is 36.5. The molecule has 1 N–H and O–H groups in total. The van der Waals surface area contributed by atoms with Crippen molar-refractivity contribution in [3.8, 4) is 0 Å². The summed E-state index contributed by atoms with van der Waals surface area (Å²) in [5, 5.41) is 12.0. The second kappa shape index (κ2) is 16.3. The van der Waals surface area contributed by atoms with Gasteiger partial charge >= 0.3 is 23.9 Å². The van der Waals surface area contributed by atoms with E-state index in [1.165, 1.54) is 33.3 Å². The van der Waals surface area contributed by atoms with Crippen molar-refractivity contribution in [3.63, 3.8) is 0 Å². The predicted octanol–water partition coefficient (Wildman–Crippen LogP) is 7.88. The summed E-state index contributed by atoms with van der Waals surface area (Å²) < 4.78 is 35.7. The molecule has 5 aliphatic rings. The van der Waals surface area contributed by atoms with Crippen LogP contribution in [0.3, 0.4) is 0 Å². The van der Waals surface area contributed by atoms with E-state index in [9.17, 15) is 24.3 Å². The van der Waals surface area contributed by atoms with Gasteiger partial charge in [-0.1, -0.05) is 53.2 Å². The fourth-order valence-electron chi connectivity index (χ4n) is 13.4. The number of aliphatic hydroxyl groups is 1. The summed E-state index contributed by atoms with van der Waals surface area (Å²) >= 11 is 0. The van der Waals surface area contributed by atoms with Gasteiger partial charge in [-0.05, 0) is 130 Å². The van der Waals surface area contributed by atoms with Gasteiger partial charge in [0.05, 0.1) is 11.7 Å². The molecule has 0 bridgehead atoms. The van der Waals surface area contributed by atoms with Crippen molar-refractivity contribution in [1.29, 1.82) is 0 Å². The summed E-state index contributed by atoms with van der Waals surface area (Å²) in [7, 11) is 0. The predicted molar refractivity (Wildman–Crippen MR) is 210 cm³/mol. The topological polar surface area (TPSA) is 144 Å². The van der Waals surface area contributed by atoms with Gasteiger partial charge in [0.25, 0.3) is 0 Å². The van der Waals surface area contributed by atoms with E-state index >= 15 is 0 Å². The van der Waals surface area contributed by atoms with Crippen molar-refractivity contribution in [2.45, 2.75) is 190 Å². The van der Waals surface area contributed by atoms with Gasteiger partial charge in [-0.15, -0.1) is 0 Å². The molecule has 4 saturated carbocycles. The number of carbonyl (C=O) groups is 4. The highest BCUT2D eigenvalue weighted by molar-refractivity contribution is 5.68. The molecule has 5 rings (SSSR count). The van der Waals surface area contributed by atoms with Crippen LogP contribution in [-0.4, -0.2) is 78.0 Å². The van der Waals surface area contributed by atoms with Crippen molar-refractivity contribution in [2.24, 2.45) is 51.2 Å². The second-order valence-electron chi connectivity index (χ2n) is 20.1. The van der Waals surface area contributed by atoms with E-state index in [2.05, 4.69) is 68.4 Å². The van der Waals surface area contributed by atoms with Crippen LogP contribution < -0.4 is 0 Å². The molecule has 13 unspecified atom stereocenters. The molecular formula is C45H72O11. The molecule has 318 valence electrons. The molecule has 0 amide bonds. The third-order valence-corrected chi connectivity index (χ3v) is 15.9. The minimum atomic E-state index is -1.27. The summed E-state index contributed by atoms with van der Waals surface area (Å²) in [4.78, 5) is 49.1. The molecule has 1 heterocycles.